The molecule has 3 rings (SSSR count). The van der Waals surface area contributed by atoms with Crippen molar-refractivity contribution >= 4 is 37.5 Å². The molecule has 0 aliphatic heterocycles. The van der Waals surface area contributed by atoms with Crippen LogP contribution in [0.15, 0.2) is 58.4 Å². The Hall–Kier alpha value is -3.31. The van der Waals surface area contributed by atoms with Gasteiger partial charge in [-0.25, -0.2) is 8.42 Å². The Kier molecular flexibility index (Phi) is 7.54. The van der Waals surface area contributed by atoms with E-state index in [1.54, 1.807) is 0 Å². The zero-order valence-corrected chi connectivity index (χ0v) is 19.1. The molecule has 0 aliphatic rings. The molecule has 1 amide bonds. The summed E-state index contributed by atoms with van der Waals surface area (Å²) >= 11 is 1.42. The van der Waals surface area contributed by atoms with Gasteiger partial charge in [0.1, 0.15) is 0 Å². The van der Waals surface area contributed by atoms with Gasteiger partial charge < -0.3 is 4.57 Å². The van der Waals surface area contributed by atoms with Crippen molar-refractivity contribution in [3.8, 4) is 12.1 Å². The van der Waals surface area contributed by atoms with Gasteiger partial charge in [0.15, 0.2) is 4.80 Å². The highest BCUT2D eigenvalue weighted by Crippen LogP contribution is 2.19. The maximum absolute atomic E-state index is 12.9. The van der Waals surface area contributed by atoms with Crippen molar-refractivity contribution < 1.29 is 13.2 Å². The van der Waals surface area contributed by atoms with E-state index >= 15 is 0 Å². The Bertz CT molecular complexity index is 1360. The third kappa shape index (κ3) is 4.94. The summed E-state index contributed by atoms with van der Waals surface area (Å²) in [6, 6.07) is 17.2. The highest BCUT2D eigenvalue weighted by atomic mass is 32.2. The molecule has 0 radical (unpaired) electrons. The smallest absolute Gasteiger partial charge is 0.279 e. The Morgan fingerprint density at radius 3 is 2.28 bits per heavy atom. The first-order chi connectivity index (χ1) is 15.4. The number of fused-ring (bicyclic) bond motifs is 1. The molecule has 0 spiro atoms. The summed E-state index contributed by atoms with van der Waals surface area (Å²) in [5, 5.41) is 17.6. The molecule has 0 saturated carbocycles. The molecule has 0 atom stereocenters. The van der Waals surface area contributed by atoms with Crippen molar-refractivity contribution in [2.45, 2.75) is 31.2 Å². The predicted molar refractivity (Wildman–Crippen MR) is 121 cm³/mol. The molecule has 3 aromatic rings. The van der Waals surface area contributed by atoms with Crippen LogP contribution in [0.1, 0.15) is 30.1 Å². The van der Waals surface area contributed by atoms with Gasteiger partial charge in [-0.2, -0.15) is 19.8 Å². The van der Waals surface area contributed by atoms with Crippen LogP contribution in [0.4, 0.5) is 0 Å². The van der Waals surface area contributed by atoms with Gasteiger partial charge in [0.2, 0.25) is 10.0 Å². The molecule has 164 valence electrons. The van der Waals surface area contributed by atoms with E-state index in [-0.39, 0.29) is 36.4 Å². The number of amides is 1. The molecule has 0 fully saturated rings. The molecule has 0 saturated heterocycles. The number of rotatable bonds is 8. The Labute approximate surface area is 190 Å². The van der Waals surface area contributed by atoms with Crippen molar-refractivity contribution in [2.75, 3.05) is 13.1 Å². The maximum Gasteiger partial charge on any atom is 0.279 e. The van der Waals surface area contributed by atoms with Crippen LogP contribution < -0.4 is 4.80 Å². The van der Waals surface area contributed by atoms with Crippen LogP contribution >= 0.6 is 11.3 Å². The Morgan fingerprint density at radius 2 is 1.69 bits per heavy atom. The Morgan fingerprint density at radius 1 is 1.06 bits per heavy atom. The number of nitriles is 2. The van der Waals surface area contributed by atoms with Crippen LogP contribution in [0.3, 0.4) is 0 Å². The quantitative estimate of drug-likeness (QED) is 0.503. The first-order valence-electron chi connectivity index (χ1n) is 9.94. The minimum Gasteiger partial charge on any atom is -0.317 e. The molecule has 8 nitrogen and oxygen atoms in total. The summed E-state index contributed by atoms with van der Waals surface area (Å²) in [6.07, 6.45) is 0.0411. The highest BCUT2D eigenvalue weighted by Gasteiger charge is 2.24. The lowest BCUT2D eigenvalue weighted by atomic mass is 10.2. The van der Waals surface area contributed by atoms with Gasteiger partial charge in [-0.05, 0) is 43.3 Å². The lowest BCUT2D eigenvalue weighted by Gasteiger charge is -2.20. The zero-order valence-electron chi connectivity index (χ0n) is 17.4. The van der Waals surface area contributed by atoms with E-state index < -0.39 is 15.9 Å². The molecular formula is C22H21N5O3S2. The fraction of sp³-hybridized carbons (Fsp3) is 0.273. The van der Waals surface area contributed by atoms with Gasteiger partial charge in [-0.15, -0.1) is 0 Å². The second-order valence-electron chi connectivity index (χ2n) is 6.76. The molecule has 2 aromatic carbocycles. The number of thiazole rings is 1. The number of nitrogens with zero attached hydrogens (tertiary/aromatic N) is 5. The van der Waals surface area contributed by atoms with Crippen molar-refractivity contribution in [1.29, 1.82) is 10.5 Å². The van der Waals surface area contributed by atoms with Gasteiger partial charge in [-0.3, -0.25) is 4.79 Å². The second kappa shape index (κ2) is 10.3. The molecule has 10 heteroatoms. The number of carbonyl (C=O) groups is 1. The largest absolute Gasteiger partial charge is 0.317 e. The molecule has 1 heterocycles. The van der Waals surface area contributed by atoms with E-state index in [1.165, 1.54) is 35.6 Å². The number of sulfonamides is 1. The summed E-state index contributed by atoms with van der Waals surface area (Å²) in [6.45, 7) is 2.64. The second-order valence-corrected chi connectivity index (χ2v) is 9.71. The summed E-state index contributed by atoms with van der Waals surface area (Å²) in [5.74, 6) is -0.464. The number of para-hydroxylation sites is 1. The monoisotopic (exact) mass is 467 g/mol. The van der Waals surface area contributed by atoms with Gasteiger partial charge in [0.25, 0.3) is 5.91 Å². The van der Waals surface area contributed by atoms with Crippen LogP contribution in [0, 0.1) is 22.7 Å². The van der Waals surface area contributed by atoms with Crippen molar-refractivity contribution in [3.63, 3.8) is 0 Å². The summed E-state index contributed by atoms with van der Waals surface area (Å²) in [7, 11) is -3.89. The van der Waals surface area contributed by atoms with Crippen LogP contribution in [0.25, 0.3) is 10.2 Å². The van der Waals surface area contributed by atoms with Crippen LogP contribution in [-0.2, 0) is 16.6 Å². The SMILES string of the molecule is CCn1c(=NC(=O)c2ccc(S(=O)(=O)N(CCC#N)CCC#N)cc2)sc2ccccc21. The topological polar surface area (TPSA) is 119 Å². The average molecular weight is 468 g/mol. The van der Waals surface area contributed by atoms with E-state index in [4.69, 9.17) is 10.5 Å². The molecule has 0 unspecified atom stereocenters. The standard InChI is InChI=1S/C22H21N5O3S2/c1-2-27-19-7-3-4-8-20(19)31-22(27)25-21(28)17-9-11-18(12-10-17)32(29,30)26(15-5-13-23)16-6-14-24/h3-4,7-12H,2,5-6,15-16H2,1H3. The van der Waals surface area contributed by atoms with Crippen molar-refractivity contribution in [1.82, 2.24) is 8.87 Å². The molecule has 1 aromatic heterocycles. The lowest BCUT2D eigenvalue weighted by Crippen LogP contribution is -2.32. The van der Waals surface area contributed by atoms with E-state index in [2.05, 4.69) is 4.99 Å². The molecule has 0 aliphatic carbocycles. The van der Waals surface area contributed by atoms with E-state index in [0.717, 1.165) is 14.5 Å². The number of aryl methyl sites for hydroxylation is 1. The van der Waals surface area contributed by atoms with Gasteiger partial charge in [-0.1, -0.05) is 23.5 Å². The van der Waals surface area contributed by atoms with Crippen LogP contribution in [0.5, 0.6) is 0 Å². The number of hydrogen-bond donors (Lipinski definition) is 0. The number of benzene rings is 2. The van der Waals surface area contributed by atoms with Crippen LogP contribution in [-0.4, -0.2) is 36.3 Å². The summed E-state index contributed by atoms with van der Waals surface area (Å²) in [5.41, 5.74) is 1.27. The lowest BCUT2D eigenvalue weighted by molar-refractivity contribution is 0.0997. The Balaban J connectivity index is 1.90. The summed E-state index contributed by atoms with van der Waals surface area (Å²) in [4.78, 5) is 17.6. The highest BCUT2D eigenvalue weighted by molar-refractivity contribution is 7.89. The fourth-order valence-corrected chi connectivity index (χ4v) is 5.72. The van der Waals surface area contributed by atoms with E-state index in [0.29, 0.717) is 11.3 Å². The summed E-state index contributed by atoms with van der Waals surface area (Å²) < 4.78 is 29.9. The first-order valence-corrected chi connectivity index (χ1v) is 12.2. The third-order valence-electron chi connectivity index (χ3n) is 4.79. The molecule has 0 bridgehead atoms. The normalized spacial score (nSPS) is 12.1. The minimum absolute atomic E-state index is 0.000512. The van der Waals surface area contributed by atoms with Crippen LogP contribution in [0.2, 0.25) is 0 Å². The molecule has 32 heavy (non-hydrogen) atoms. The van der Waals surface area contributed by atoms with Gasteiger partial charge in [0.05, 0.1) is 27.3 Å². The van der Waals surface area contributed by atoms with Crippen molar-refractivity contribution in [3.05, 3.63) is 58.9 Å². The maximum atomic E-state index is 12.9. The molecular weight excluding hydrogens is 446 g/mol. The van der Waals surface area contributed by atoms with E-state index in [1.807, 2.05) is 47.9 Å². The zero-order chi connectivity index (χ0) is 23.1. The minimum atomic E-state index is -3.89. The number of carbonyl (C=O) groups excluding carboxylic acids is 1. The third-order valence-corrected chi connectivity index (χ3v) is 7.76. The molecule has 0 N–H and O–H groups in total. The number of aromatic nitrogens is 1. The number of hydrogen-bond acceptors (Lipinski definition) is 6. The first kappa shape index (κ1) is 23.4. The van der Waals surface area contributed by atoms with Crippen molar-refractivity contribution in [2.24, 2.45) is 4.99 Å². The van der Waals surface area contributed by atoms with E-state index in [9.17, 15) is 13.2 Å². The van der Waals surface area contributed by atoms with Gasteiger partial charge in [0, 0.05) is 38.0 Å². The average Bonchev–Trinajstić information content (AvgIpc) is 3.15. The fourth-order valence-electron chi connectivity index (χ4n) is 3.18. The van der Waals surface area contributed by atoms with Gasteiger partial charge >= 0.3 is 0 Å². The predicted octanol–water partition coefficient (Wildman–Crippen LogP) is 3.28.